The van der Waals surface area contributed by atoms with Crippen LogP contribution in [0.2, 0.25) is 10.0 Å². The summed E-state index contributed by atoms with van der Waals surface area (Å²) in [5, 5.41) is 2.19. The van der Waals surface area contributed by atoms with Crippen LogP contribution in [0.25, 0.3) is 0 Å². The molecular weight excluding hydrogens is 311 g/mol. The van der Waals surface area contributed by atoms with Gasteiger partial charge in [-0.15, -0.1) is 0 Å². The first-order valence-electron chi connectivity index (χ1n) is 5.31. The van der Waals surface area contributed by atoms with E-state index in [4.69, 9.17) is 27.9 Å². The first kappa shape index (κ1) is 14.1. The SMILES string of the molecule is CCCC(CBr)COc1cc(Cl)ccc1Cl. The van der Waals surface area contributed by atoms with Gasteiger partial charge in [0.2, 0.25) is 0 Å². The smallest absolute Gasteiger partial charge is 0.139 e. The van der Waals surface area contributed by atoms with E-state index in [-0.39, 0.29) is 0 Å². The summed E-state index contributed by atoms with van der Waals surface area (Å²) in [6.07, 6.45) is 2.30. The number of ether oxygens (including phenoxy) is 1. The molecule has 1 aromatic rings. The maximum atomic E-state index is 6.00. The molecule has 0 spiro atoms. The van der Waals surface area contributed by atoms with Gasteiger partial charge >= 0.3 is 0 Å². The molecule has 1 unspecified atom stereocenters. The Bertz CT molecular complexity index is 331. The molecule has 1 atom stereocenters. The van der Waals surface area contributed by atoms with Crippen LogP contribution >= 0.6 is 39.1 Å². The Morgan fingerprint density at radius 2 is 2.12 bits per heavy atom. The molecule has 0 aliphatic carbocycles. The zero-order valence-corrected chi connectivity index (χ0v) is 12.3. The zero-order valence-electron chi connectivity index (χ0n) is 9.18. The molecule has 0 heterocycles. The van der Waals surface area contributed by atoms with Gasteiger partial charge in [0.05, 0.1) is 11.6 Å². The minimum Gasteiger partial charge on any atom is -0.492 e. The summed E-state index contributed by atoms with van der Waals surface area (Å²) in [7, 11) is 0. The highest BCUT2D eigenvalue weighted by molar-refractivity contribution is 9.09. The number of rotatable bonds is 6. The molecule has 0 fully saturated rings. The van der Waals surface area contributed by atoms with Gasteiger partial charge in [0.25, 0.3) is 0 Å². The maximum absolute atomic E-state index is 6.00. The molecule has 90 valence electrons. The molecule has 1 aromatic carbocycles. The number of hydrogen-bond donors (Lipinski definition) is 0. The lowest BCUT2D eigenvalue weighted by Gasteiger charge is -2.15. The van der Waals surface area contributed by atoms with Crippen LogP contribution in [0.5, 0.6) is 5.75 Å². The highest BCUT2D eigenvalue weighted by atomic mass is 79.9. The largest absolute Gasteiger partial charge is 0.492 e. The van der Waals surface area contributed by atoms with Gasteiger partial charge in [-0.05, 0) is 18.6 Å². The zero-order chi connectivity index (χ0) is 12.0. The molecule has 1 rings (SSSR count). The third-order valence-corrected chi connectivity index (χ3v) is 3.75. The molecule has 0 radical (unpaired) electrons. The Morgan fingerprint density at radius 3 is 2.75 bits per heavy atom. The van der Waals surface area contributed by atoms with Gasteiger partial charge in [-0.1, -0.05) is 52.5 Å². The quantitative estimate of drug-likeness (QED) is 0.654. The summed E-state index contributed by atoms with van der Waals surface area (Å²) in [5.41, 5.74) is 0. The molecule has 0 aromatic heterocycles. The van der Waals surface area contributed by atoms with Crippen LogP contribution in [0.1, 0.15) is 19.8 Å². The second-order valence-electron chi connectivity index (χ2n) is 3.69. The van der Waals surface area contributed by atoms with Crippen LogP contribution in [-0.4, -0.2) is 11.9 Å². The first-order valence-corrected chi connectivity index (χ1v) is 7.19. The molecular formula is C12H15BrCl2O. The van der Waals surface area contributed by atoms with Crippen LogP contribution in [0, 0.1) is 5.92 Å². The molecule has 0 aliphatic heterocycles. The van der Waals surface area contributed by atoms with Crippen LogP contribution in [0.3, 0.4) is 0 Å². The number of hydrogen-bond acceptors (Lipinski definition) is 1. The highest BCUT2D eigenvalue weighted by Crippen LogP contribution is 2.28. The summed E-state index contributed by atoms with van der Waals surface area (Å²) in [6.45, 7) is 2.83. The van der Waals surface area contributed by atoms with E-state index >= 15 is 0 Å². The van der Waals surface area contributed by atoms with Gasteiger partial charge in [-0.3, -0.25) is 0 Å². The second kappa shape index (κ2) is 7.41. The van der Waals surface area contributed by atoms with Gasteiger partial charge in [0.1, 0.15) is 5.75 Å². The lowest BCUT2D eigenvalue weighted by molar-refractivity contribution is 0.255. The fraction of sp³-hybridized carbons (Fsp3) is 0.500. The fourth-order valence-corrected chi connectivity index (χ4v) is 2.25. The van der Waals surface area contributed by atoms with Crippen molar-refractivity contribution in [3.05, 3.63) is 28.2 Å². The Kier molecular flexibility index (Phi) is 6.55. The highest BCUT2D eigenvalue weighted by Gasteiger charge is 2.09. The van der Waals surface area contributed by atoms with E-state index in [9.17, 15) is 0 Å². The number of halogens is 3. The summed E-state index contributed by atoms with van der Waals surface area (Å²) in [4.78, 5) is 0. The van der Waals surface area contributed by atoms with Crippen molar-refractivity contribution in [1.82, 2.24) is 0 Å². The monoisotopic (exact) mass is 324 g/mol. The summed E-state index contributed by atoms with van der Waals surface area (Å²) < 4.78 is 5.68. The topological polar surface area (TPSA) is 9.23 Å². The molecule has 16 heavy (non-hydrogen) atoms. The number of alkyl halides is 1. The third kappa shape index (κ3) is 4.52. The van der Waals surface area contributed by atoms with Gasteiger partial charge in [0, 0.05) is 22.3 Å². The van der Waals surface area contributed by atoms with Crippen molar-refractivity contribution >= 4 is 39.1 Å². The minimum absolute atomic E-state index is 0.514. The Labute approximate surface area is 115 Å². The predicted molar refractivity (Wildman–Crippen MR) is 74.1 cm³/mol. The molecule has 0 saturated heterocycles. The average Bonchev–Trinajstić information content (AvgIpc) is 2.28. The fourth-order valence-electron chi connectivity index (χ4n) is 1.41. The van der Waals surface area contributed by atoms with E-state index in [1.54, 1.807) is 18.2 Å². The average molecular weight is 326 g/mol. The van der Waals surface area contributed by atoms with E-state index in [0.29, 0.717) is 28.3 Å². The molecule has 0 aliphatic rings. The van der Waals surface area contributed by atoms with Crippen LogP contribution in [0.15, 0.2) is 18.2 Å². The van der Waals surface area contributed by atoms with Crippen molar-refractivity contribution in [2.75, 3.05) is 11.9 Å². The molecule has 1 nitrogen and oxygen atoms in total. The van der Waals surface area contributed by atoms with Crippen LogP contribution in [0.4, 0.5) is 0 Å². The Balaban J connectivity index is 2.55. The van der Waals surface area contributed by atoms with E-state index in [1.165, 1.54) is 0 Å². The summed E-state index contributed by atoms with van der Waals surface area (Å²) >= 11 is 15.4. The van der Waals surface area contributed by atoms with Crippen molar-refractivity contribution in [3.8, 4) is 5.75 Å². The molecule has 0 amide bonds. The van der Waals surface area contributed by atoms with Crippen molar-refractivity contribution in [1.29, 1.82) is 0 Å². The molecule has 0 bridgehead atoms. The third-order valence-electron chi connectivity index (χ3n) is 2.28. The lowest BCUT2D eigenvalue weighted by Crippen LogP contribution is -2.13. The summed E-state index contributed by atoms with van der Waals surface area (Å²) in [5.74, 6) is 1.18. The van der Waals surface area contributed by atoms with E-state index in [2.05, 4.69) is 22.9 Å². The number of benzene rings is 1. The molecule has 4 heteroatoms. The van der Waals surface area contributed by atoms with E-state index in [0.717, 1.165) is 18.2 Å². The summed E-state index contributed by atoms with van der Waals surface area (Å²) in [6, 6.07) is 5.26. The maximum Gasteiger partial charge on any atom is 0.139 e. The van der Waals surface area contributed by atoms with Crippen LogP contribution in [-0.2, 0) is 0 Å². The van der Waals surface area contributed by atoms with Crippen molar-refractivity contribution < 1.29 is 4.74 Å². The normalized spacial score (nSPS) is 12.5. The van der Waals surface area contributed by atoms with Gasteiger partial charge < -0.3 is 4.74 Å². The lowest BCUT2D eigenvalue weighted by atomic mass is 10.1. The van der Waals surface area contributed by atoms with Gasteiger partial charge in [-0.25, -0.2) is 0 Å². The van der Waals surface area contributed by atoms with E-state index in [1.807, 2.05) is 0 Å². The molecule has 0 N–H and O–H groups in total. The van der Waals surface area contributed by atoms with Crippen LogP contribution < -0.4 is 4.74 Å². The van der Waals surface area contributed by atoms with E-state index < -0.39 is 0 Å². The van der Waals surface area contributed by atoms with Crippen molar-refractivity contribution in [3.63, 3.8) is 0 Å². The van der Waals surface area contributed by atoms with Crippen molar-refractivity contribution in [2.24, 2.45) is 5.92 Å². The van der Waals surface area contributed by atoms with Gasteiger partial charge in [-0.2, -0.15) is 0 Å². The van der Waals surface area contributed by atoms with Crippen molar-refractivity contribution in [2.45, 2.75) is 19.8 Å². The predicted octanol–water partition coefficient (Wildman–Crippen LogP) is 5.18. The first-order chi connectivity index (χ1) is 7.67. The Morgan fingerprint density at radius 1 is 1.38 bits per heavy atom. The van der Waals surface area contributed by atoms with Gasteiger partial charge in [0.15, 0.2) is 0 Å². The standard InChI is InChI=1S/C12H15BrCl2O/c1-2-3-9(7-13)8-16-12-6-10(14)4-5-11(12)15/h4-6,9H,2-3,7-8H2,1H3. The Hall–Kier alpha value is 0.0800. The molecule has 0 saturated carbocycles. The minimum atomic E-state index is 0.514. The second-order valence-corrected chi connectivity index (χ2v) is 5.19.